The van der Waals surface area contributed by atoms with E-state index in [1.165, 1.54) is 19.1 Å². The van der Waals surface area contributed by atoms with Crippen molar-refractivity contribution in [3.05, 3.63) is 24.0 Å². The molecular formula is C15H18FN5O3S2. The van der Waals surface area contributed by atoms with Crippen molar-refractivity contribution in [1.82, 2.24) is 10.2 Å². The van der Waals surface area contributed by atoms with Gasteiger partial charge in [-0.2, -0.15) is 8.42 Å². The first-order chi connectivity index (χ1) is 12.3. The van der Waals surface area contributed by atoms with Crippen LogP contribution in [0.15, 0.2) is 22.5 Å². The van der Waals surface area contributed by atoms with E-state index in [2.05, 4.69) is 25.1 Å². The van der Waals surface area contributed by atoms with E-state index in [-0.39, 0.29) is 15.2 Å². The summed E-state index contributed by atoms with van der Waals surface area (Å²) in [4.78, 5) is 13.1. The van der Waals surface area contributed by atoms with Crippen LogP contribution >= 0.6 is 11.3 Å². The third-order valence-corrected chi connectivity index (χ3v) is 6.41. The average Bonchev–Trinajstić information content (AvgIpc) is 3.06. The zero-order valence-electron chi connectivity index (χ0n) is 14.0. The van der Waals surface area contributed by atoms with E-state index in [0.29, 0.717) is 11.3 Å². The van der Waals surface area contributed by atoms with Crippen molar-refractivity contribution in [3.8, 4) is 0 Å². The molecule has 26 heavy (non-hydrogen) atoms. The molecule has 0 atom stereocenters. The Labute approximate surface area is 154 Å². The number of hydrogen-bond donors (Lipinski definition) is 2. The first-order valence-electron chi connectivity index (χ1n) is 8.03. The van der Waals surface area contributed by atoms with Crippen molar-refractivity contribution in [2.75, 3.05) is 28.0 Å². The van der Waals surface area contributed by atoms with Crippen LogP contribution in [-0.4, -0.2) is 37.6 Å². The molecule has 1 saturated heterocycles. The summed E-state index contributed by atoms with van der Waals surface area (Å²) in [6.45, 7) is 2.98. The van der Waals surface area contributed by atoms with Gasteiger partial charge in [-0.25, -0.2) is 4.39 Å². The maximum absolute atomic E-state index is 14.1. The monoisotopic (exact) mass is 399 g/mol. The van der Waals surface area contributed by atoms with Crippen LogP contribution in [0.2, 0.25) is 0 Å². The molecule has 0 saturated carbocycles. The fraction of sp³-hybridized carbons (Fsp3) is 0.400. The van der Waals surface area contributed by atoms with Gasteiger partial charge in [0, 0.05) is 25.7 Å². The van der Waals surface area contributed by atoms with Crippen LogP contribution in [0.4, 0.5) is 20.9 Å². The number of sulfonamides is 1. The fourth-order valence-electron chi connectivity index (χ4n) is 2.65. The summed E-state index contributed by atoms with van der Waals surface area (Å²) in [5, 5.41) is 9.56. The van der Waals surface area contributed by atoms with Crippen molar-refractivity contribution < 1.29 is 17.6 Å². The molecule has 11 heteroatoms. The molecule has 0 spiro atoms. The molecule has 0 unspecified atom stereocenters. The second-order valence-corrected chi connectivity index (χ2v) is 8.71. The summed E-state index contributed by atoms with van der Waals surface area (Å²) in [7, 11) is -4.11. The van der Waals surface area contributed by atoms with Gasteiger partial charge >= 0.3 is 0 Å². The van der Waals surface area contributed by atoms with Crippen LogP contribution in [0.25, 0.3) is 0 Å². The van der Waals surface area contributed by atoms with Crippen molar-refractivity contribution >= 4 is 43.8 Å². The van der Waals surface area contributed by atoms with E-state index in [4.69, 9.17) is 0 Å². The number of carbonyl (C=O) groups is 1. The van der Waals surface area contributed by atoms with E-state index in [1.54, 1.807) is 6.07 Å². The zero-order chi connectivity index (χ0) is 18.7. The molecule has 1 aromatic carbocycles. The summed E-state index contributed by atoms with van der Waals surface area (Å²) in [5.74, 6) is -1.07. The Morgan fingerprint density at radius 2 is 1.96 bits per heavy atom. The summed E-state index contributed by atoms with van der Waals surface area (Å²) in [6.07, 6.45) is 3.26. The number of carbonyl (C=O) groups excluding carboxylic acids is 1. The minimum Gasteiger partial charge on any atom is -0.371 e. The Balaban J connectivity index is 1.82. The van der Waals surface area contributed by atoms with Crippen molar-refractivity contribution in [2.45, 2.75) is 30.5 Å². The molecule has 8 nitrogen and oxygen atoms in total. The van der Waals surface area contributed by atoms with E-state index < -0.39 is 21.7 Å². The molecule has 0 aliphatic carbocycles. The highest BCUT2D eigenvalue weighted by Crippen LogP contribution is 2.28. The summed E-state index contributed by atoms with van der Waals surface area (Å²) in [5.41, 5.74) is 0.615. The minimum atomic E-state index is -4.11. The molecule has 2 aromatic rings. The van der Waals surface area contributed by atoms with Crippen LogP contribution in [0.1, 0.15) is 26.2 Å². The first kappa shape index (κ1) is 18.5. The molecule has 0 bridgehead atoms. The highest BCUT2D eigenvalue weighted by atomic mass is 32.2. The average molecular weight is 399 g/mol. The highest BCUT2D eigenvalue weighted by molar-refractivity contribution is 7.94. The number of nitrogens with zero attached hydrogens (tertiary/aromatic N) is 3. The van der Waals surface area contributed by atoms with E-state index in [1.807, 2.05) is 0 Å². The van der Waals surface area contributed by atoms with Gasteiger partial charge in [0.05, 0.1) is 5.69 Å². The molecule has 1 fully saturated rings. The van der Waals surface area contributed by atoms with Gasteiger partial charge in [0.1, 0.15) is 5.82 Å². The lowest BCUT2D eigenvalue weighted by molar-refractivity contribution is -0.114. The van der Waals surface area contributed by atoms with Gasteiger partial charge in [-0.05, 0) is 37.5 Å². The SMILES string of the molecule is CC(=O)Nc1nnc(S(=O)(=O)Nc2cc(N3CCCCC3)ccc2F)s1. The Hall–Kier alpha value is -2.27. The van der Waals surface area contributed by atoms with Gasteiger partial charge in [-0.1, -0.05) is 11.3 Å². The summed E-state index contributed by atoms with van der Waals surface area (Å²) in [6, 6.07) is 4.36. The summed E-state index contributed by atoms with van der Waals surface area (Å²) >= 11 is 0.688. The lowest BCUT2D eigenvalue weighted by Crippen LogP contribution is -2.29. The predicted molar refractivity (Wildman–Crippen MR) is 97.5 cm³/mol. The van der Waals surface area contributed by atoms with Gasteiger partial charge in [0.15, 0.2) is 0 Å². The van der Waals surface area contributed by atoms with E-state index in [0.717, 1.165) is 38.0 Å². The lowest BCUT2D eigenvalue weighted by Gasteiger charge is -2.29. The summed E-state index contributed by atoms with van der Waals surface area (Å²) < 4.78 is 40.9. The maximum Gasteiger partial charge on any atom is 0.291 e. The quantitative estimate of drug-likeness (QED) is 0.749. The van der Waals surface area contributed by atoms with Gasteiger partial charge in [0.2, 0.25) is 11.0 Å². The topological polar surface area (TPSA) is 104 Å². The second kappa shape index (κ2) is 7.54. The largest absolute Gasteiger partial charge is 0.371 e. The molecular weight excluding hydrogens is 381 g/mol. The van der Waals surface area contributed by atoms with E-state index in [9.17, 15) is 17.6 Å². The molecule has 1 aliphatic heterocycles. The first-order valence-corrected chi connectivity index (χ1v) is 10.3. The number of piperidine rings is 1. The third kappa shape index (κ3) is 4.28. The number of benzene rings is 1. The molecule has 140 valence electrons. The molecule has 1 amide bonds. The minimum absolute atomic E-state index is 0.0559. The molecule has 2 N–H and O–H groups in total. The lowest BCUT2D eigenvalue weighted by atomic mass is 10.1. The van der Waals surface area contributed by atoms with Crippen molar-refractivity contribution in [1.29, 1.82) is 0 Å². The molecule has 1 aliphatic rings. The normalized spacial score (nSPS) is 14.9. The van der Waals surface area contributed by atoms with Crippen LogP contribution < -0.4 is 14.9 Å². The number of rotatable bonds is 5. The Bertz CT molecular complexity index is 910. The zero-order valence-corrected chi connectivity index (χ0v) is 15.7. The number of hydrogen-bond acceptors (Lipinski definition) is 7. The number of halogens is 1. The van der Waals surface area contributed by atoms with E-state index >= 15 is 0 Å². The number of aromatic nitrogens is 2. The fourth-order valence-corrected chi connectivity index (χ4v) is 4.65. The molecule has 2 heterocycles. The molecule has 0 radical (unpaired) electrons. The van der Waals surface area contributed by atoms with Crippen LogP contribution in [0.5, 0.6) is 0 Å². The van der Waals surface area contributed by atoms with Crippen LogP contribution in [0.3, 0.4) is 0 Å². The Kier molecular flexibility index (Phi) is 5.37. The number of nitrogens with one attached hydrogen (secondary N) is 2. The van der Waals surface area contributed by atoms with Gasteiger partial charge in [0.25, 0.3) is 14.4 Å². The van der Waals surface area contributed by atoms with Gasteiger partial charge in [-0.3, -0.25) is 9.52 Å². The number of amides is 1. The second-order valence-electron chi connectivity index (χ2n) is 5.87. The standard InChI is InChI=1S/C15H18FN5O3S2/c1-10(22)17-14-18-19-15(25-14)26(23,24)20-13-9-11(5-6-12(13)16)21-7-3-2-4-8-21/h5-6,9,20H,2-4,7-8H2,1H3,(H,17,18,22). The van der Waals surface area contributed by atoms with Crippen molar-refractivity contribution in [3.63, 3.8) is 0 Å². The smallest absolute Gasteiger partial charge is 0.291 e. The van der Waals surface area contributed by atoms with Crippen LogP contribution in [0, 0.1) is 5.82 Å². The van der Waals surface area contributed by atoms with Crippen LogP contribution in [-0.2, 0) is 14.8 Å². The third-order valence-electron chi connectivity index (χ3n) is 3.83. The van der Waals surface area contributed by atoms with Crippen molar-refractivity contribution in [2.24, 2.45) is 0 Å². The predicted octanol–water partition coefficient (Wildman–Crippen LogP) is 2.43. The Morgan fingerprint density at radius 3 is 2.65 bits per heavy atom. The maximum atomic E-state index is 14.1. The van der Waals surface area contributed by atoms with Gasteiger partial charge < -0.3 is 10.2 Å². The van der Waals surface area contributed by atoms with Gasteiger partial charge in [-0.15, -0.1) is 10.2 Å². The highest BCUT2D eigenvalue weighted by Gasteiger charge is 2.23. The Morgan fingerprint density at radius 1 is 1.23 bits per heavy atom. The molecule has 1 aromatic heterocycles. The number of anilines is 3. The molecule has 3 rings (SSSR count).